The Morgan fingerprint density at radius 1 is 1.06 bits per heavy atom. The normalized spacial score (nSPS) is 11.5. The van der Waals surface area contributed by atoms with Crippen LogP contribution in [0.5, 0.6) is 0 Å². The smallest absolute Gasteiger partial charge is 0.255 e. The lowest BCUT2D eigenvalue weighted by atomic mass is 10.1. The van der Waals surface area contributed by atoms with E-state index in [2.05, 4.69) is 60.5 Å². The lowest BCUT2D eigenvalue weighted by Gasteiger charge is -2.24. The van der Waals surface area contributed by atoms with Crippen LogP contribution in [0, 0.1) is 0 Å². The number of nitrogens with zero attached hydrogens (tertiary/aromatic N) is 3. The molecule has 0 bridgehead atoms. The lowest BCUT2D eigenvalue weighted by molar-refractivity contribution is 0.102. The second-order valence-corrected chi connectivity index (χ2v) is 8.58. The average molecular weight is 419 g/mol. The van der Waals surface area contributed by atoms with Gasteiger partial charge in [0.15, 0.2) is 0 Å². The zero-order chi connectivity index (χ0) is 22.4. The average Bonchev–Trinajstić information content (AvgIpc) is 3.21. The van der Waals surface area contributed by atoms with Gasteiger partial charge in [-0.2, -0.15) is 0 Å². The van der Waals surface area contributed by atoms with Gasteiger partial charge < -0.3 is 9.88 Å². The number of hydrogen-bond acceptors (Lipinski definition) is 3. The van der Waals surface area contributed by atoms with Crippen LogP contribution in [0.1, 0.15) is 67.8 Å². The van der Waals surface area contributed by atoms with Gasteiger partial charge in [0.1, 0.15) is 5.82 Å². The van der Waals surface area contributed by atoms with Crippen LogP contribution in [0.4, 0.5) is 5.69 Å². The van der Waals surface area contributed by atoms with E-state index in [0.717, 1.165) is 36.7 Å². The summed E-state index contributed by atoms with van der Waals surface area (Å²) >= 11 is 0. The number of rotatable bonds is 9. The van der Waals surface area contributed by atoms with Crippen LogP contribution in [-0.2, 0) is 13.1 Å². The number of benzene rings is 2. The first-order valence-electron chi connectivity index (χ1n) is 11.1. The molecule has 0 fully saturated rings. The van der Waals surface area contributed by atoms with Crippen LogP contribution in [0.3, 0.4) is 0 Å². The van der Waals surface area contributed by atoms with E-state index in [1.807, 2.05) is 54.9 Å². The van der Waals surface area contributed by atoms with E-state index < -0.39 is 0 Å². The predicted molar refractivity (Wildman–Crippen MR) is 127 cm³/mol. The van der Waals surface area contributed by atoms with Crippen LogP contribution < -0.4 is 5.32 Å². The number of nitrogens with one attached hydrogen (secondary N) is 1. The minimum atomic E-state index is -0.0922. The first-order valence-corrected chi connectivity index (χ1v) is 11.1. The Balaban J connectivity index is 1.65. The van der Waals surface area contributed by atoms with Crippen LogP contribution in [0.2, 0.25) is 0 Å². The van der Waals surface area contributed by atoms with Crippen LogP contribution in [0.25, 0.3) is 0 Å². The van der Waals surface area contributed by atoms with E-state index in [1.54, 1.807) is 0 Å². The fourth-order valence-corrected chi connectivity index (χ4v) is 3.76. The highest BCUT2D eigenvalue weighted by molar-refractivity contribution is 6.04. The summed E-state index contributed by atoms with van der Waals surface area (Å²) in [5, 5.41) is 3.03. The molecule has 1 N–H and O–H groups in total. The summed E-state index contributed by atoms with van der Waals surface area (Å²) in [5.74, 6) is 1.34. The molecule has 0 spiro atoms. The molecule has 0 saturated carbocycles. The molecular formula is C26H34N4O. The van der Waals surface area contributed by atoms with Crippen LogP contribution >= 0.6 is 0 Å². The van der Waals surface area contributed by atoms with E-state index in [-0.39, 0.29) is 5.91 Å². The summed E-state index contributed by atoms with van der Waals surface area (Å²) in [6.45, 7) is 13.5. The Morgan fingerprint density at radius 3 is 2.45 bits per heavy atom. The molecular weight excluding hydrogens is 384 g/mol. The van der Waals surface area contributed by atoms with Crippen LogP contribution in [0.15, 0.2) is 60.9 Å². The molecule has 0 aliphatic heterocycles. The summed E-state index contributed by atoms with van der Waals surface area (Å²) in [5.41, 5.74) is 3.81. The lowest BCUT2D eigenvalue weighted by Crippen LogP contribution is -2.29. The third-order valence-electron chi connectivity index (χ3n) is 5.54. The molecule has 0 aliphatic carbocycles. The molecule has 0 saturated heterocycles. The van der Waals surface area contributed by atoms with E-state index in [9.17, 15) is 4.79 Å². The molecule has 3 rings (SSSR count). The molecule has 2 aromatic carbocycles. The second kappa shape index (κ2) is 10.4. The maximum Gasteiger partial charge on any atom is 0.255 e. The summed E-state index contributed by atoms with van der Waals surface area (Å²) in [6, 6.07) is 16.4. The zero-order valence-corrected chi connectivity index (χ0v) is 19.3. The van der Waals surface area contributed by atoms with Crippen molar-refractivity contribution in [2.75, 3.05) is 11.9 Å². The van der Waals surface area contributed by atoms with E-state index in [1.165, 1.54) is 5.56 Å². The van der Waals surface area contributed by atoms with Gasteiger partial charge in [-0.1, -0.05) is 45.0 Å². The molecule has 0 radical (unpaired) electrons. The summed E-state index contributed by atoms with van der Waals surface area (Å²) in [6.07, 6.45) is 3.84. The van der Waals surface area contributed by atoms with Crippen molar-refractivity contribution >= 4 is 11.6 Å². The van der Waals surface area contributed by atoms with Crippen molar-refractivity contribution in [3.05, 3.63) is 83.4 Å². The molecule has 3 aromatic rings. The third-order valence-corrected chi connectivity index (χ3v) is 5.54. The molecule has 0 atom stereocenters. The topological polar surface area (TPSA) is 50.2 Å². The monoisotopic (exact) mass is 418 g/mol. The van der Waals surface area contributed by atoms with E-state index >= 15 is 0 Å². The minimum absolute atomic E-state index is 0.0922. The van der Waals surface area contributed by atoms with Gasteiger partial charge in [0.25, 0.3) is 5.91 Å². The Hall–Kier alpha value is -2.92. The molecule has 0 unspecified atom stereocenters. The van der Waals surface area contributed by atoms with E-state index in [0.29, 0.717) is 17.5 Å². The summed E-state index contributed by atoms with van der Waals surface area (Å²) in [4.78, 5) is 19.6. The van der Waals surface area contributed by atoms with Crippen molar-refractivity contribution in [2.24, 2.45) is 0 Å². The van der Waals surface area contributed by atoms with Gasteiger partial charge in [0.05, 0.1) is 0 Å². The van der Waals surface area contributed by atoms with Gasteiger partial charge in [0, 0.05) is 48.7 Å². The summed E-state index contributed by atoms with van der Waals surface area (Å²) in [7, 11) is 0. The molecule has 1 amide bonds. The standard InChI is InChI=1S/C26H34N4O/c1-6-29(20(4)5)17-21-10-12-23(13-11-21)26(31)28-24-9-7-8-22(16-24)18-30-15-14-27-25(30)19(2)3/h7-16,19-20H,6,17-18H2,1-5H3,(H,28,31). The third kappa shape index (κ3) is 6.05. The summed E-state index contributed by atoms with van der Waals surface area (Å²) < 4.78 is 2.15. The van der Waals surface area contributed by atoms with Gasteiger partial charge in [-0.05, 0) is 55.8 Å². The number of imidazole rings is 1. The van der Waals surface area contributed by atoms with Gasteiger partial charge in [-0.15, -0.1) is 0 Å². The van der Waals surface area contributed by atoms with E-state index in [4.69, 9.17) is 0 Å². The van der Waals surface area contributed by atoms with Crippen molar-refractivity contribution in [3.63, 3.8) is 0 Å². The van der Waals surface area contributed by atoms with Gasteiger partial charge in [0.2, 0.25) is 0 Å². The van der Waals surface area contributed by atoms with Crippen molar-refractivity contribution < 1.29 is 4.79 Å². The molecule has 5 nitrogen and oxygen atoms in total. The fourth-order valence-electron chi connectivity index (χ4n) is 3.76. The molecule has 31 heavy (non-hydrogen) atoms. The molecule has 0 aliphatic rings. The Labute approximate surface area is 186 Å². The maximum atomic E-state index is 12.7. The van der Waals surface area contributed by atoms with Crippen molar-refractivity contribution in [3.8, 4) is 0 Å². The second-order valence-electron chi connectivity index (χ2n) is 8.58. The first-order chi connectivity index (χ1) is 14.9. The zero-order valence-electron chi connectivity index (χ0n) is 19.3. The Morgan fingerprint density at radius 2 is 1.81 bits per heavy atom. The predicted octanol–water partition coefficient (Wildman–Crippen LogP) is 5.54. The SMILES string of the molecule is CCN(Cc1ccc(C(=O)Nc2cccc(Cn3ccnc3C(C)C)c2)cc1)C(C)C. The van der Waals surface area contributed by atoms with Crippen LogP contribution in [-0.4, -0.2) is 32.9 Å². The Bertz CT molecular complexity index is 989. The fraction of sp³-hybridized carbons (Fsp3) is 0.385. The number of aromatic nitrogens is 2. The number of hydrogen-bond donors (Lipinski definition) is 1. The Kier molecular flexibility index (Phi) is 7.64. The number of carbonyl (C=O) groups excluding carboxylic acids is 1. The van der Waals surface area contributed by atoms with Gasteiger partial charge in [-0.3, -0.25) is 9.69 Å². The minimum Gasteiger partial charge on any atom is -0.330 e. The highest BCUT2D eigenvalue weighted by Gasteiger charge is 2.11. The van der Waals surface area contributed by atoms with Crippen molar-refractivity contribution in [2.45, 2.75) is 59.7 Å². The van der Waals surface area contributed by atoms with Crippen molar-refractivity contribution in [1.82, 2.24) is 14.5 Å². The molecule has 5 heteroatoms. The highest BCUT2D eigenvalue weighted by atomic mass is 16.1. The first kappa shape index (κ1) is 22.8. The number of anilines is 1. The van der Waals surface area contributed by atoms with Crippen molar-refractivity contribution in [1.29, 1.82) is 0 Å². The van der Waals surface area contributed by atoms with Gasteiger partial charge >= 0.3 is 0 Å². The number of carbonyl (C=O) groups is 1. The van der Waals surface area contributed by atoms with Gasteiger partial charge in [-0.25, -0.2) is 4.98 Å². The number of amides is 1. The quantitative estimate of drug-likeness (QED) is 0.496. The molecule has 1 heterocycles. The molecule has 1 aromatic heterocycles. The molecule has 164 valence electrons. The highest BCUT2D eigenvalue weighted by Crippen LogP contribution is 2.17. The maximum absolute atomic E-state index is 12.7. The largest absolute Gasteiger partial charge is 0.330 e.